The van der Waals surface area contributed by atoms with E-state index >= 15 is 0 Å². The molecular weight excluding hydrogens is 341 g/mol. The number of halogens is 3. The molecule has 2 rings (SSSR count). The number of hydrogen-bond acceptors (Lipinski definition) is 5. The highest BCUT2D eigenvalue weighted by Crippen LogP contribution is 2.27. The number of hydrogen-bond donors (Lipinski definition) is 3. The second-order valence-electron chi connectivity index (χ2n) is 5.60. The van der Waals surface area contributed by atoms with Gasteiger partial charge < -0.3 is 15.3 Å². The van der Waals surface area contributed by atoms with Gasteiger partial charge in [-0.3, -0.25) is 15.0 Å². The Balaban J connectivity index is 1.73. The first-order chi connectivity index (χ1) is 11.7. The zero-order chi connectivity index (χ0) is 18.4. The van der Waals surface area contributed by atoms with Crippen LogP contribution in [0.15, 0.2) is 24.3 Å². The molecule has 10 heteroatoms. The van der Waals surface area contributed by atoms with Gasteiger partial charge in [0, 0.05) is 26.2 Å². The van der Waals surface area contributed by atoms with E-state index in [2.05, 4.69) is 0 Å². The summed E-state index contributed by atoms with van der Waals surface area (Å²) >= 11 is 0. The van der Waals surface area contributed by atoms with Crippen LogP contribution in [-0.2, 0) is 4.79 Å². The number of urea groups is 1. The fourth-order valence-electron chi connectivity index (χ4n) is 2.47. The van der Waals surface area contributed by atoms with Crippen molar-refractivity contribution < 1.29 is 27.9 Å². The first-order valence-corrected chi connectivity index (χ1v) is 7.64. The average molecular weight is 360 g/mol. The molecule has 3 amide bonds. The van der Waals surface area contributed by atoms with Crippen LogP contribution in [-0.4, -0.2) is 67.4 Å². The van der Waals surface area contributed by atoms with Gasteiger partial charge in [0.1, 0.15) is 12.3 Å². The van der Waals surface area contributed by atoms with E-state index in [4.69, 9.17) is 0 Å². The first kappa shape index (κ1) is 18.8. The number of nitrogens with one attached hydrogen (secondary N) is 2. The summed E-state index contributed by atoms with van der Waals surface area (Å²) in [6.45, 7) is 0.605. The van der Waals surface area contributed by atoms with Crippen LogP contribution in [0.1, 0.15) is 0 Å². The van der Waals surface area contributed by atoms with Crippen LogP contribution in [0.2, 0.25) is 0 Å². The molecule has 0 spiro atoms. The Morgan fingerprint density at radius 1 is 1.12 bits per heavy atom. The zero-order valence-electron chi connectivity index (χ0n) is 13.3. The third kappa shape index (κ3) is 6.14. The number of piperazine rings is 1. The van der Waals surface area contributed by atoms with Gasteiger partial charge in [-0.05, 0) is 12.1 Å². The third-order valence-electron chi connectivity index (χ3n) is 3.66. The summed E-state index contributed by atoms with van der Waals surface area (Å²) in [5.41, 5.74) is 0.707. The second-order valence-corrected chi connectivity index (χ2v) is 5.60. The van der Waals surface area contributed by atoms with Gasteiger partial charge in [0.15, 0.2) is 0 Å². The van der Waals surface area contributed by atoms with E-state index in [0.29, 0.717) is 31.9 Å². The molecule has 0 unspecified atom stereocenters. The highest BCUT2D eigenvalue weighted by Gasteiger charge is 2.28. The number of nitrogens with zero attached hydrogens (tertiary/aromatic N) is 2. The minimum Gasteiger partial charge on any atom is -0.506 e. The topological polar surface area (TPSA) is 84.9 Å². The number of amides is 3. The lowest BCUT2D eigenvalue weighted by Gasteiger charge is -2.35. The first-order valence-electron chi connectivity index (χ1n) is 7.64. The van der Waals surface area contributed by atoms with Crippen molar-refractivity contribution in [3.8, 4) is 5.75 Å². The van der Waals surface area contributed by atoms with Crippen molar-refractivity contribution in [2.45, 2.75) is 6.18 Å². The van der Waals surface area contributed by atoms with Crippen molar-refractivity contribution in [2.75, 3.05) is 44.2 Å². The van der Waals surface area contributed by atoms with Crippen molar-refractivity contribution in [3.05, 3.63) is 24.3 Å². The maximum Gasteiger partial charge on any atom is 0.405 e. The molecule has 25 heavy (non-hydrogen) atoms. The Bertz CT molecular complexity index is 616. The van der Waals surface area contributed by atoms with Crippen LogP contribution in [0.4, 0.5) is 23.7 Å². The van der Waals surface area contributed by atoms with Crippen LogP contribution in [0.5, 0.6) is 5.75 Å². The SMILES string of the molecule is O=C(CN1CCN(c2ccccc2O)CC1)NC(=O)NCC(F)(F)F. The molecule has 0 radical (unpaired) electrons. The molecule has 0 aliphatic carbocycles. The van der Waals surface area contributed by atoms with E-state index in [1.54, 1.807) is 28.4 Å². The van der Waals surface area contributed by atoms with Gasteiger partial charge in [-0.1, -0.05) is 12.1 Å². The minimum atomic E-state index is -4.53. The molecule has 1 heterocycles. The molecule has 1 fully saturated rings. The molecule has 1 saturated heterocycles. The lowest BCUT2D eigenvalue weighted by Crippen LogP contribution is -2.51. The molecule has 3 N–H and O–H groups in total. The highest BCUT2D eigenvalue weighted by atomic mass is 19.4. The lowest BCUT2D eigenvalue weighted by molar-refractivity contribution is -0.125. The normalized spacial score (nSPS) is 15.7. The predicted octanol–water partition coefficient (Wildman–Crippen LogP) is 0.902. The Kier molecular flexibility index (Phi) is 6.07. The number of phenols is 1. The Labute approximate surface area is 142 Å². The number of imide groups is 1. The van der Waals surface area contributed by atoms with E-state index in [1.807, 2.05) is 16.3 Å². The maximum absolute atomic E-state index is 12.0. The monoisotopic (exact) mass is 360 g/mol. The second kappa shape index (κ2) is 8.06. The number of benzene rings is 1. The number of aromatic hydroxyl groups is 1. The van der Waals surface area contributed by atoms with Crippen LogP contribution < -0.4 is 15.5 Å². The largest absolute Gasteiger partial charge is 0.506 e. The smallest absolute Gasteiger partial charge is 0.405 e. The fraction of sp³-hybridized carbons (Fsp3) is 0.467. The Hall–Kier alpha value is -2.49. The Morgan fingerprint density at radius 3 is 2.36 bits per heavy atom. The molecule has 7 nitrogen and oxygen atoms in total. The van der Waals surface area contributed by atoms with Crippen LogP contribution in [0, 0.1) is 0 Å². The van der Waals surface area contributed by atoms with Crippen LogP contribution >= 0.6 is 0 Å². The lowest BCUT2D eigenvalue weighted by atomic mass is 10.2. The van der Waals surface area contributed by atoms with Gasteiger partial charge in [-0.15, -0.1) is 0 Å². The summed E-state index contributed by atoms with van der Waals surface area (Å²) in [6, 6.07) is 5.75. The summed E-state index contributed by atoms with van der Waals surface area (Å²) in [5.74, 6) is -0.495. The molecule has 0 saturated carbocycles. The molecule has 1 aromatic carbocycles. The number of alkyl halides is 3. The fourth-order valence-corrected chi connectivity index (χ4v) is 2.47. The van der Waals surface area contributed by atoms with Gasteiger partial charge in [0.25, 0.3) is 0 Å². The van der Waals surface area contributed by atoms with E-state index in [0.717, 1.165) is 0 Å². The van der Waals surface area contributed by atoms with E-state index < -0.39 is 24.7 Å². The van der Waals surface area contributed by atoms with Gasteiger partial charge in [0.05, 0.1) is 12.2 Å². The quantitative estimate of drug-likeness (QED) is 0.743. The number of phenolic OH excluding ortho intramolecular Hbond substituents is 1. The summed E-state index contributed by atoms with van der Waals surface area (Å²) in [5, 5.41) is 13.3. The summed E-state index contributed by atoms with van der Waals surface area (Å²) in [4.78, 5) is 26.7. The van der Waals surface area contributed by atoms with Crippen molar-refractivity contribution in [3.63, 3.8) is 0 Å². The Morgan fingerprint density at radius 2 is 1.76 bits per heavy atom. The average Bonchev–Trinajstić information content (AvgIpc) is 2.54. The number of para-hydroxylation sites is 2. The minimum absolute atomic E-state index is 0.0892. The predicted molar refractivity (Wildman–Crippen MR) is 84.4 cm³/mol. The number of rotatable bonds is 4. The van der Waals surface area contributed by atoms with Crippen LogP contribution in [0.25, 0.3) is 0 Å². The van der Waals surface area contributed by atoms with E-state index in [1.165, 1.54) is 0 Å². The molecule has 1 aliphatic heterocycles. The van der Waals surface area contributed by atoms with Gasteiger partial charge in [-0.2, -0.15) is 13.2 Å². The van der Waals surface area contributed by atoms with Crippen molar-refractivity contribution in [1.82, 2.24) is 15.5 Å². The van der Waals surface area contributed by atoms with Crippen molar-refractivity contribution in [2.24, 2.45) is 0 Å². The zero-order valence-corrected chi connectivity index (χ0v) is 13.3. The van der Waals surface area contributed by atoms with E-state index in [9.17, 15) is 27.9 Å². The standard InChI is InChI=1S/C15H19F3N4O3/c16-15(17,18)10-19-14(25)20-13(24)9-21-5-7-22(8-6-21)11-3-1-2-4-12(11)23/h1-4,23H,5-10H2,(H2,19,20,24,25). The molecular formula is C15H19F3N4O3. The molecule has 1 aliphatic rings. The molecule has 1 aromatic rings. The van der Waals surface area contributed by atoms with Gasteiger partial charge >= 0.3 is 12.2 Å². The summed E-state index contributed by atoms with van der Waals surface area (Å²) < 4.78 is 35.9. The molecule has 0 bridgehead atoms. The molecule has 0 atom stereocenters. The highest BCUT2D eigenvalue weighted by molar-refractivity contribution is 5.95. The molecule has 138 valence electrons. The van der Waals surface area contributed by atoms with Gasteiger partial charge in [-0.25, -0.2) is 4.79 Å². The van der Waals surface area contributed by atoms with E-state index in [-0.39, 0.29) is 12.3 Å². The number of anilines is 1. The summed E-state index contributed by atoms with van der Waals surface area (Å²) in [7, 11) is 0. The van der Waals surface area contributed by atoms with Crippen molar-refractivity contribution in [1.29, 1.82) is 0 Å². The number of carbonyl (C=O) groups excluding carboxylic acids is 2. The number of carbonyl (C=O) groups is 2. The van der Waals surface area contributed by atoms with Crippen LogP contribution in [0.3, 0.4) is 0 Å². The summed E-state index contributed by atoms with van der Waals surface area (Å²) in [6.07, 6.45) is -4.53. The molecule has 0 aromatic heterocycles. The maximum atomic E-state index is 12.0. The third-order valence-corrected chi connectivity index (χ3v) is 3.66. The van der Waals surface area contributed by atoms with Crippen molar-refractivity contribution >= 4 is 17.6 Å². The van der Waals surface area contributed by atoms with Gasteiger partial charge in [0.2, 0.25) is 5.91 Å².